The lowest BCUT2D eigenvalue weighted by Crippen LogP contribution is -2.39. The van der Waals surface area contributed by atoms with E-state index in [4.69, 9.17) is 4.74 Å². The topological polar surface area (TPSA) is 21.3 Å². The lowest BCUT2D eigenvalue weighted by atomic mass is 9.81. The van der Waals surface area contributed by atoms with E-state index in [1.165, 1.54) is 43.4 Å². The third-order valence-electron chi connectivity index (χ3n) is 4.38. The average Bonchev–Trinajstić information content (AvgIpc) is 3.09. The highest BCUT2D eigenvalue weighted by Gasteiger charge is 2.48. The summed E-state index contributed by atoms with van der Waals surface area (Å²) in [7, 11) is 1.74. The van der Waals surface area contributed by atoms with Gasteiger partial charge in [-0.25, -0.2) is 0 Å². The van der Waals surface area contributed by atoms with Gasteiger partial charge in [-0.1, -0.05) is 6.07 Å². The Balaban J connectivity index is 2.01. The maximum Gasteiger partial charge on any atom is 0.119 e. The largest absolute Gasteiger partial charge is 0.497 e. The summed E-state index contributed by atoms with van der Waals surface area (Å²) in [5.41, 5.74) is 3.14. The first-order chi connectivity index (χ1) is 8.26. The molecule has 1 aromatic carbocycles. The van der Waals surface area contributed by atoms with Gasteiger partial charge in [0.15, 0.2) is 0 Å². The minimum atomic E-state index is 0.274. The van der Waals surface area contributed by atoms with Gasteiger partial charge >= 0.3 is 0 Å². The molecule has 0 radical (unpaired) electrons. The summed E-state index contributed by atoms with van der Waals surface area (Å²) in [6, 6.07) is 6.54. The molecule has 2 heteroatoms. The Morgan fingerprint density at radius 2 is 2.18 bits per heavy atom. The third kappa shape index (κ3) is 1.75. The molecule has 17 heavy (non-hydrogen) atoms. The van der Waals surface area contributed by atoms with Crippen molar-refractivity contribution in [2.24, 2.45) is 5.92 Å². The molecule has 0 amide bonds. The molecule has 2 fully saturated rings. The van der Waals surface area contributed by atoms with E-state index in [0.29, 0.717) is 0 Å². The van der Waals surface area contributed by atoms with Gasteiger partial charge in [-0.2, -0.15) is 0 Å². The third-order valence-corrected chi connectivity index (χ3v) is 4.38. The molecule has 1 N–H and O–H groups in total. The summed E-state index contributed by atoms with van der Waals surface area (Å²) in [6.07, 6.45) is 5.38. The van der Waals surface area contributed by atoms with Crippen LogP contribution in [0.25, 0.3) is 0 Å². The number of hydrogen-bond donors (Lipinski definition) is 1. The summed E-state index contributed by atoms with van der Waals surface area (Å²) in [6.45, 7) is 3.38. The second kappa shape index (κ2) is 4.02. The normalized spacial score (nSPS) is 28.4. The summed E-state index contributed by atoms with van der Waals surface area (Å²) in [5, 5.41) is 3.79. The molecule has 1 aromatic rings. The highest BCUT2D eigenvalue weighted by atomic mass is 16.5. The molecule has 1 aliphatic carbocycles. The summed E-state index contributed by atoms with van der Waals surface area (Å²) < 4.78 is 5.30. The number of nitrogens with one attached hydrogen (secondary N) is 1. The smallest absolute Gasteiger partial charge is 0.119 e. The van der Waals surface area contributed by atoms with Crippen LogP contribution in [0.2, 0.25) is 0 Å². The van der Waals surface area contributed by atoms with Gasteiger partial charge in [0.25, 0.3) is 0 Å². The van der Waals surface area contributed by atoms with Crippen LogP contribution in [0.3, 0.4) is 0 Å². The van der Waals surface area contributed by atoms with Crippen molar-refractivity contribution in [3.05, 3.63) is 29.3 Å². The van der Waals surface area contributed by atoms with Crippen LogP contribution in [-0.4, -0.2) is 13.7 Å². The van der Waals surface area contributed by atoms with Crippen molar-refractivity contribution >= 4 is 0 Å². The molecule has 92 valence electrons. The minimum absolute atomic E-state index is 0.274. The van der Waals surface area contributed by atoms with Crippen LogP contribution in [0.4, 0.5) is 0 Å². The quantitative estimate of drug-likeness (QED) is 0.863. The SMILES string of the molecule is COc1ccc(C2(C3CC3)CCCN2)c(C)c1. The first kappa shape index (κ1) is 11.1. The highest BCUT2D eigenvalue weighted by Crippen LogP contribution is 2.51. The molecule has 1 unspecified atom stereocenters. The van der Waals surface area contributed by atoms with Gasteiger partial charge in [-0.15, -0.1) is 0 Å². The Morgan fingerprint density at radius 1 is 1.35 bits per heavy atom. The zero-order valence-electron chi connectivity index (χ0n) is 10.8. The van der Waals surface area contributed by atoms with Crippen LogP contribution in [-0.2, 0) is 5.54 Å². The molecule has 1 aliphatic heterocycles. The van der Waals surface area contributed by atoms with Crippen molar-refractivity contribution in [1.82, 2.24) is 5.32 Å². The lowest BCUT2D eigenvalue weighted by molar-refractivity contribution is 0.333. The first-order valence-corrected chi connectivity index (χ1v) is 6.66. The fraction of sp³-hybridized carbons (Fsp3) is 0.600. The van der Waals surface area contributed by atoms with Crippen LogP contribution >= 0.6 is 0 Å². The second-order valence-electron chi connectivity index (χ2n) is 5.46. The number of rotatable bonds is 3. The highest BCUT2D eigenvalue weighted by molar-refractivity contribution is 5.41. The Bertz CT molecular complexity index is 417. The Kier molecular flexibility index (Phi) is 2.62. The number of methoxy groups -OCH3 is 1. The van der Waals surface area contributed by atoms with Crippen molar-refractivity contribution in [2.45, 2.75) is 38.1 Å². The standard InChI is InChI=1S/C15H21NO/c1-11-10-13(17-2)6-7-14(11)15(12-4-5-12)8-3-9-16-15/h6-7,10,12,16H,3-5,8-9H2,1-2H3. The van der Waals surface area contributed by atoms with Crippen molar-refractivity contribution in [2.75, 3.05) is 13.7 Å². The van der Waals surface area contributed by atoms with Gasteiger partial charge in [0, 0.05) is 5.54 Å². The van der Waals surface area contributed by atoms with Crippen LogP contribution in [0.1, 0.15) is 36.8 Å². The van der Waals surface area contributed by atoms with Crippen molar-refractivity contribution in [3.8, 4) is 5.75 Å². The molecule has 1 atom stereocenters. The fourth-order valence-corrected chi connectivity index (χ4v) is 3.41. The van der Waals surface area contributed by atoms with E-state index in [0.717, 1.165) is 11.7 Å². The van der Waals surface area contributed by atoms with Crippen LogP contribution in [0, 0.1) is 12.8 Å². The Hall–Kier alpha value is -1.02. The molecule has 1 saturated heterocycles. The van der Waals surface area contributed by atoms with Crippen LogP contribution < -0.4 is 10.1 Å². The molecule has 0 spiro atoms. The molecule has 2 nitrogen and oxygen atoms in total. The number of benzene rings is 1. The molecular formula is C15H21NO. The summed E-state index contributed by atoms with van der Waals surface area (Å²) >= 11 is 0. The van der Waals surface area contributed by atoms with Crippen molar-refractivity contribution < 1.29 is 4.74 Å². The maximum atomic E-state index is 5.30. The van der Waals surface area contributed by atoms with Gasteiger partial charge in [-0.05, 0) is 68.3 Å². The molecule has 1 heterocycles. The molecule has 2 aliphatic rings. The van der Waals surface area contributed by atoms with Crippen molar-refractivity contribution in [3.63, 3.8) is 0 Å². The predicted octanol–water partition coefficient (Wildman–Crippen LogP) is 2.99. The minimum Gasteiger partial charge on any atom is -0.497 e. The number of ether oxygens (including phenoxy) is 1. The number of hydrogen-bond acceptors (Lipinski definition) is 2. The van der Waals surface area contributed by atoms with Crippen LogP contribution in [0.5, 0.6) is 5.75 Å². The number of aryl methyl sites for hydroxylation is 1. The monoisotopic (exact) mass is 231 g/mol. The molecule has 1 saturated carbocycles. The van der Waals surface area contributed by atoms with Gasteiger partial charge in [-0.3, -0.25) is 0 Å². The van der Waals surface area contributed by atoms with E-state index >= 15 is 0 Å². The average molecular weight is 231 g/mol. The molecular weight excluding hydrogens is 210 g/mol. The second-order valence-corrected chi connectivity index (χ2v) is 5.46. The van der Waals surface area contributed by atoms with Gasteiger partial charge in [0.1, 0.15) is 5.75 Å². The van der Waals surface area contributed by atoms with Gasteiger partial charge < -0.3 is 10.1 Å². The molecule has 3 rings (SSSR count). The summed E-state index contributed by atoms with van der Waals surface area (Å²) in [4.78, 5) is 0. The van der Waals surface area contributed by atoms with E-state index in [-0.39, 0.29) is 5.54 Å². The fourth-order valence-electron chi connectivity index (χ4n) is 3.41. The van der Waals surface area contributed by atoms with E-state index in [9.17, 15) is 0 Å². The van der Waals surface area contributed by atoms with Crippen LogP contribution in [0.15, 0.2) is 18.2 Å². The zero-order valence-corrected chi connectivity index (χ0v) is 10.8. The lowest BCUT2D eigenvalue weighted by Gasteiger charge is -2.32. The van der Waals surface area contributed by atoms with E-state index in [2.05, 4.69) is 30.4 Å². The van der Waals surface area contributed by atoms with E-state index in [1.54, 1.807) is 7.11 Å². The predicted molar refractivity (Wildman–Crippen MR) is 69.4 cm³/mol. The zero-order chi connectivity index (χ0) is 11.9. The Labute approximate surface area is 103 Å². The molecule has 0 aromatic heterocycles. The Morgan fingerprint density at radius 3 is 2.71 bits per heavy atom. The summed E-state index contributed by atoms with van der Waals surface area (Å²) in [5.74, 6) is 1.83. The first-order valence-electron chi connectivity index (χ1n) is 6.66. The van der Waals surface area contributed by atoms with Crippen molar-refractivity contribution in [1.29, 1.82) is 0 Å². The van der Waals surface area contributed by atoms with E-state index in [1.807, 2.05) is 0 Å². The molecule has 0 bridgehead atoms. The van der Waals surface area contributed by atoms with Gasteiger partial charge in [0.2, 0.25) is 0 Å². The maximum absolute atomic E-state index is 5.30. The van der Waals surface area contributed by atoms with E-state index < -0.39 is 0 Å². The van der Waals surface area contributed by atoms with Gasteiger partial charge in [0.05, 0.1) is 7.11 Å².